The first kappa shape index (κ1) is 26.4. The van der Waals surface area contributed by atoms with Crippen LogP contribution in [-0.4, -0.2) is 49.1 Å². The van der Waals surface area contributed by atoms with Crippen LogP contribution >= 0.6 is 0 Å². The SMILES string of the molecule is CCCCOC(=O)Nc1cnccc1N1C(=O)N(c2ccc(S(=O)(=O)C(F)(F)F)cc2)C(=O)C12CC2C. The number of nitrogens with one attached hydrogen (secondary N) is 1. The molecule has 14 heteroatoms. The maximum atomic E-state index is 13.6. The molecule has 37 heavy (non-hydrogen) atoms. The Balaban J connectivity index is 1.67. The number of aromatic nitrogens is 1. The average molecular weight is 541 g/mol. The second-order valence-electron chi connectivity index (χ2n) is 8.74. The average Bonchev–Trinajstić information content (AvgIpc) is 3.45. The fraction of sp³-hybridized carbons (Fsp3) is 0.391. The maximum absolute atomic E-state index is 13.6. The molecule has 2 heterocycles. The summed E-state index contributed by atoms with van der Waals surface area (Å²) in [6, 6.07) is 3.95. The monoisotopic (exact) mass is 540 g/mol. The highest BCUT2D eigenvalue weighted by Crippen LogP contribution is 2.56. The van der Waals surface area contributed by atoms with Crippen LogP contribution in [0, 0.1) is 5.92 Å². The Bertz CT molecular complexity index is 1350. The van der Waals surface area contributed by atoms with Crippen molar-refractivity contribution in [2.24, 2.45) is 5.92 Å². The Labute approximate surface area is 210 Å². The van der Waals surface area contributed by atoms with Crippen molar-refractivity contribution < 1.29 is 40.7 Å². The molecule has 198 valence electrons. The van der Waals surface area contributed by atoms with E-state index in [2.05, 4.69) is 10.3 Å². The van der Waals surface area contributed by atoms with Gasteiger partial charge in [0.25, 0.3) is 15.7 Å². The van der Waals surface area contributed by atoms with Gasteiger partial charge in [-0.15, -0.1) is 0 Å². The number of alkyl halides is 3. The first-order valence-electron chi connectivity index (χ1n) is 11.3. The van der Waals surface area contributed by atoms with Crippen LogP contribution in [0.2, 0.25) is 0 Å². The zero-order valence-corrected chi connectivity index (χ0v) is 20.6. The third-order valence-corrected chi connectivity index (χ3v) is 7.85. The van der Waals surface area contributed by atoms with Crippen molar-refractivity contribution in [3.05, 3.63) is 42.7 Å². The van der Waals surface area contributed by atoms with Gasteiger partial charge >= 0.3 is 17.6 Å². The molecule has 1 saturated heterocycles. The lowest BCUT2D eigenvalue weighted by molar-refractivity contribution is -0.119. The molecule has 2 aliphatic rings. The summed E-state index contributed by atoms with van der Waals surface area (Å²) in [4.78, 5) is 44.3. The molecule has 0 radical (unpaired) electrons. The van der Waals surface area contributed by atoms with Crippen LogP contribution in [-0.2, 0) is 19.4 Å². The van der Waals surface area contributed by atoms with Gasteiger partial charge in [-0.25, -0.2) is 22.9 Å². The number of carbonyl (C=O) groups is 3. The minimum Gasteiger partial charge on any atom is -0.449 e. The second kappa shape index (κ2) is 9.32. The predicted molar refractivity (Wildman–Crippen MR) is 126 cm³/mol. The van der Waals surface area contributed by atoms with Gasteiger partial charge in [-0.2, -0.15) is 13.2 Å². The molecule has 10 nitrogen and oxygen atoms in total. The number of ether oxygens (including phenoxy) is 1. The lowest BCUT2D eigenvalue weighted by Crippen LogP contribution is -2.39. The molecule has 2 fully saturated rings. The third-order valence-electron chi connectivity index (χ3n) is 6.34. The van der Waals surface area contributed by atoms with Crippen molar-refractivity contribution >= 4 is 44.9 Å². The molecule has 1 N–H and O–H groups in total. The molecule has 1 spiro atoms. The summed E-state index contributed by atoms with van der Waals surface area (Å²) in [5, 5.41) is 2.53. The fourth-order valence-electron chi connectivity index (χ4n) is 4.25. The number of rotatable bonds is 7. The summed E-state index contributed by atoms with van der Waals surface area (Å²) in [6.07, 6.45) is 3.68. The largest absolute Gasteiger partial charge is 0.501 e. The van der Waals surface area contributed by atoms with E-state index in [9.17, 15) is 36.0 Å². The van der Waals surface area contributed by atoms with Crippen LogP contribution in [0.25, 0.3) is 0 Å². The zero-order valence-electron chi connectivity index (χ0n) is 19.8. The van der Waals surface area contributed by atoms with Crippen molar-refractivity contribution in [3.63, 3.8) is 0 Å². The van der Waals surface area contributed by atoms with Crippen LogP contribution in [0.15, 0.2) is 47.6 Å². The van der Waals surface area contributed by atoms with Gasteiger partial charge in [-0.05, 0) is 49.1 Å². The molecule has 1 aliphatic carbocycles. The first-order valence-corrected chi connectivity index (χ1v) is 12.8. The number of anilines is 3. The van der Waals surface area contributed by atoms with Crippen molar-refractivity contribution in [1.29, 1.82) is 0 Å². The molecule has 1 aromatic heterocycles. The van der Waals surface area contributed by atoms with Crippen LogP contribution < -0.4 is 15.1 Å². The fourth-order valence-corrected chi connectivity index (χ4v) is 5.01. The van der Waals surface area contributed by atoms with E-state index < -0.39 is 43.8 Å². The number of amides is 4. The molecule has 1 aromatic carbocycles. The van der Waals surface area contributed by atoms with Crippen molar-refractivity contribution in [2.75, 3.05) is 21.7 Å². The molecular weight excluding hydrogens is 517 g/mol. The van der Waals surface area contributed by atoms with Gasteiger partial charge in [0.1, 0.15) is 5.54 Å². The van der Waals surface area contributed by atoms with E-state index in [1.54, 1.807) is 6.92 Å². The number of hydrogen-bond acceptors (Lipinski definition) is 7. The highest BCUT2D eigenvalue weighted by molar-refractivity contribution is 7.92. The van der Waals surface area contributed by atoms with Crippen molar-refractivity contribution in [2.45, 2.75) is 49.1 Å². The molecular formula is C23H23F3N4O6S. The van der Waals surface area contributed by atoms with Crippen molar-refractivity contribution in [3.8, 4) is 0 Å². The van der Waals surface area contributed by atoms with Gasteiger partial charge in [0.05, 0.1) is 34.8 Å². The summed E-state index contributed by atoms with van der Waals surface area (Å²) in [5.74, 6) is -0.888. The summed E-state index contributed by atoms with van der Waals surface area (Å²) in [5.41, 5.74) is -6.57. The quantitative estimate of drug-likeness (QED) is 0.406. The normalized spacial score (nSPS) is 21.5. The van der Waals surface area contributed by atoms with E-state index in [1.807, 2.05) is 6.92 Å². The highest BCUT2D eigenvalue weighted by Gasteiger charge is 2.71. The first-order chi connectivity index (χ1) is 17.4. The molecule has 1 saturated carbocycles. The number of carbonyl (C=O) groups excluding carboxylic acids is 3. The van der Waals surface area contributed by atoms with Gasteiger partial charge in [-0.3, -0.25) is 20.0 Å². The van der Waals surface area contributed by atoms with Crippen LogP contribution in [0.3, 0.4) is 0 Å². The Kier molecular flexibility index (Phi) is 6.65. The number of benzene rings is 1. The number of unbranched alkanes of at least 4 members (excludes halogenated alkanes) is 1. The van der Waals surface area contributed by atoms with E-state index in [0.717, 1.165) is 23.5 Å². The summed E-state index contributed by atoms with van der Waals surface area (Å²) in [7, 11) is -5.60. The number of hydrogen-bond donors (Lipinski definition) is 1. The van der Waals surface area contributed by atoms with E-state index >= 15 is 0 Å². The Morgan fingerprint density at radius 2 is 1.86 bits per heavy atom. The number of imide groups is 1. The van der Waals surface area contributed by atoms with Gasteiger partial charge < -0.3 is 4.74 Å². The lowest BCUT2D eigenvalue weighted by Gasteiger charge is -2.24. The minimum absolute atomic E-state index is 0.0976. The van der Waals surface area contributed by atoms with E-state index in [1.165, 1.54) is 23.4 Å². The molecule has 2 aromatic rings. The minimum atomic E-state index is -5.60. The van der Waals surface area contributed by atoms with E-state index in [-0.39, 0.29) is 29.6 Å². The highest BCUT2D eigenvalue weighted by atomic mass is 32.2. The smallest absolute Gasteiger partial charge is 0.449 e. The topological polar surface area (TPSA) is 126 Å². The van der Waals surface area contributed by atoms with Crippen LogP contribution in [0.5, 0.6) is 0 Å². The Morgan fingerprint density at radius 3 is 2.43 bits per heavy atom. The van der Waals surface area contributed by atoms with Crippen molar-refractivity contribution in [1.82, 2.24) is 4.98 Å². The number of halogens is 3. The third kappa shape index (κ3) is 4.38. The summed E-state index contributed by atoms with van der Waals surface area (Å²) < 4.78 is 67.2. The van der Waals surface area contributed by atoms with Gasteiger partial charge in [0, 0.05) is 6.20 Å². The Hall–Kier alpha value is -3.68. The zero-order chi connectivity index (χ0) is 27.2. The van der Waals surface area contributed by atoms with Gasteiger partial charge in [0.2, 0.25) is 0 Å². The standard InChI is InChI=1S/C23H23F3N4O6S/c1-3-4-11-36-20(32)28-17-13-27-10-9-18(17)30-21(33)29(19(31)22(30)12-14(22)2)15-5-7-16(8-6-15)37(34,35)23(24,25)26/h5-10,13-14H,3-4,11-12H2,1-2H3,(H,28,32). The molecule has 2 atom stereocenters. The number of pyridine rings is 1. The van der Waals surface area contributed by atoms with E-state index in [4.69, 9.17) is 4.74 Å². The maximum Gasteiger partial charge on any atom is 0.501 e. The molecule has 2 unspecified atom stereocenters. The summed E-state index contributed by atoms with van der Waals surface area (Å²) in [6.45, 7) is 3.88. The molecule has 4 amide bonds. The van der Waals surface area contributed by atoms with E-state index in [0.29, 0.717) is 25.0 Å². The predicted octanol–water partition coefficient (Wildman–Crippen LogP) is 4.48. The van der Waals surface area contributed by atoms with Crippen LogP contribution in [0.1, 0.15) is 33.1 Å². The van der Waals surface area contributed by atoms with Gasteiger partial charge in [0.15, 0.2) is 0 Å². The molecule has 4 rings (SSSR count). The second-order valence-corrected chi connectivity index (χ2v) is 10.7. The van der Waals surface area contributed by atoms with Crippen LogP contribution in [0.4, 0.5) is 39.8 Å². The molecule has 1 aliphatic heterocycles. The number of urea groups is 1. The summed E-state index contributed by atoms with van der Waals surface area (Å²) >= 11 is 0. The van der Waals surface area contributed by atoms with Gasteiger partial charge in [-0.1, -0.05) is 20.3 Å². The lowest BCUT2D eigenvalue weighted by atomic mass is 10.1. The number of nitrogens with zero attached hydrogens (tertiary/aromatic N) is 3. The Morgan fingerprint density at radius 1 is 1.22 bits per heavy atom. The molecule has 0 bridgehead atoms. The number of sulfone groups is 1.